The number of carbonyl (C=O) groups is 2. The number of nitriles is 1. The number of aromatic nitrogens is 1. The third kappa shape index (κ3) is 4.68. The highest BCUT2D eigenvalue weighted by molar-refractivity contribution is 7.80. The molecule has 2 amide bonds. The highest BCUT2D eigenvalue weighted by Gasteiger charge is 2.60. The Bertz CT molecular complexity index is 1490. The van der Waals surface area contributed by atoms with Crippen LogP contribution in [0, 0.1) is 17.1 Å². The molecule has 2 N–H and O–H groups in total. The summed E-state index contributed by atoms with van der Waals surface area (Å²) in [6.07, 6.45) is 1.12. The monoisotopic (exact) mass is 570 g/mol. The maximum Gasteiger partial charge on any atom is 0.419 e. The topological polar surface area (TPSA) is 101 Å². The number of hydrogen-bond donors (Lipinski definition) is 2. The minimum absolute atomic E-state index is 0.0687. The van der Waals surface area contributed by atoms with E-state index in [1.807, 2.05) is 12.1 Å². The molecule has 3 aliphatic rings. The molecule has 1 spiro atoms. The van der Waals surface area contributed by atoms with Gasteiger partial charge in [0.25, 0.3) is 11.8 Å². The van der Waals surface area contributed by atoms with Gasteiger partial charge in [-0.2, -0.15) is 18.4 Å². The summed E-state index contributed by atoms with van der Waals surface area (Å²) in [5.41, 5.74) is -2.13. The molecule has 1 saturated heterocycles. The van der Waals surface area contributed by atoms with E-state index < -0.39 is 40.6 Å². The van der Waals surface area contributed by atoms with Crippen LogP contribution in [0.15, 0.2) is 65.8 Å². The fourth-order valence-corrected chi connectivity index (χ4v) is 5.54. The lowest BCUT2D eigenvalue weighted by Gasteiger charge is -2.43. The second-order valence-corrected chi connectivity index (χ2v) is 9.92. The van der Waals surface area contributed by atoms with Gasteiger partial charge in [-0.25, -0.2) is 4.39 Å². The summed E-state index contributed by atoms with van der Waals surface area (Å²) in [5, 5.41) is 14.1. The van der Waals surface area contributed by atoms with Crippen LogP contribution >= 0.6 is 12.2 Å². The Hall–Kier alpha value is -4.31. The van der Waals surface area contributed by atoms with Crippen molar-refractivity contribution in [3.8, 4) is 6.07 Å². The summed E-state index contributed by atoms with van der Waals surface area (Å²) in [4.78, 5) is 32.6. The summed E-state index contributed by atoms with van der Waals surface area (Å²) < 4.78 is 56.0. The molecule has 13 heteroatoms. The molecule has 1 aromatic heterocycles. The average molecular weight is 571 g/mol. The van der Waals surface area contributed by atoms with Crippen LogP contribution in [-0.4, -0.2) is 51.6 Å². The summed E-state index contributed by atoms with van der Waals surface area (Å²) in [6, 6.07) is 8.96. The Balaban J connectivity index is 1.40. The van der Waals surface area contributed by atoms with E-state index in [0.717, 1.165) is 22.6 Å². The van der Waals surface area contributed by atoms with E-state index in [1.165, 1.54) is 23.1 Å². The first-order chi connectivity index (χ1) is 19.1. The van der Waals surface area contributed by atoms with Crippen molar-refractivity contribution in [3.63, 3.8) is 0 Å². The number of hydrogen-bond acceptors (Lipinski definition) is 6. The van der Waals surface area contributed by atoms with E-state index in [-0.39, 0.29) is 35.1 Å². The number of pyridine rings is 1. The number of allylic oxidation sites excluding steroid dienone is 3. The lowest BCUT2D eigenvalue weighted by atomic mass is 9.75. The van der Waals surface area contributed by atoms with Crippen molar-refractivity contribution in [2.45, 2.75) is 37.4 Å². The highest BCUT2D eigenvalue weighted by Crippen LogP contribution is 2.48. The van der Waals surface area contributed by atoms with Crippen molar-refractivity contribution < 1.29 is 27.2 Å². The molecular weight excluding hydrogens is 548 g/mol. The number of rotatable bonds is 6. The second kappa shape index (κ2) is 10.3. The van der Waals surface area contributed by atoms with Crippen molar-refractivity contribution in [3.05, 3.63) is 82.7 Å². The van der Waals surface area contributed by atoms with Crippen molar-refractivity contribution in [2.24, 2.45) is 0 Å². The van der Waals surface area contributed by atoms with Gasteiger partial charge in [0.2, 0.25) is 0 Å². The SMILES string of the molecule is N#CC1=C(C(F)(F)F)C=C(N2C(=O)C3(CCC3)N(c3ccc(C(=O)NCCc4ccncc4)c(F)c3)C2=S)CN1. The van der Waals surface area contributed by atoms with Gasteiger partial charge in [0, 0.05) is 30.3 Å². The van der Waals surface area contributed by atoms with Gasteiger partial charge in [-0.05, 0) is 79.9 Å². The number of nitrogens with zero attached hydrogens (tertiary/aromatic N) is 4. The lowest BCUT2D eigenvalue weighted by molar-refractivity contribution is -0.132. The van der Waals surface area contributed by atoms with Gasteiger partial charge < -0.3 is 15.5 Å². The average Bonchev–Trinajstić information content (AvgIpc) is 3.14. The fraction of sp³-hybridized carbons (Fsp3) is 0.296. The molecule has 1 aromatic carbocycles. The fourth-order valence-electron chi connectivity index (χ4n) is 5.06. The molecule has 3 heterocycles. The number of nitrogens with one attached hydrogen (secondary N) is 2. The van der Waals surface area contributed by atoms with Crippen LogP contribution in [-0.2, 0) is 11.2 Å². The summed E-state index contributed by atoms with van der Waals surface area (Å²) in [6.45, 7) is 0.0447. The van der Waals surface area contributed by atoms with Crippen molar-refractivity contribution in [1.29, 1.82) is 5.26 Å². The van der Waals surface area contributed by atoms with E-state index in [2.05, 4.69) is 15.6 Å². The molecule has 2 aromatic rings. The molecule has 1 saturated carbocycles. The largest absolute Gasteiger partial charge is 0.419 e. The molecule has 0 unspecified atom stereocenters. The van der Waals surface area contributed by atoms with Crippen LogP contribution in [0.4, 0.5) is 23.2 Å². The lowest BCUT2D eigenvalue weighted by Crippen LogP contribution is -2.55. The molecular formula is C27H22F4N6O2S. The Morgan fingerprint density at radius 3 is 2.55 bits per heavy atom. The van der Waals surface area contributed by atoms with E-state index in [9.17, 15) is 22.8 Å². The van der Waals surface area contributed by atoms with Gasteiger partial charge in [0.15, 0.2) is 5.11 Å². The first-order valence-corrected chi connectivity index (χ1v) is 12.8. The van der Waals surface area contributed by atoms with Gasteiger partial charge in [-0.3, -0.25) is 19.5 Å². The standard InChI is InChI=1S/C27H22F4N6O2S/c28-21-13-17(2-3-19(21)23(38)34-11-6-16-4-9-33-10-5-16)37-25(40)36(24(39)26(37)7-1-8-26)18-12-20(27(29,30)31)22(14-32)35-15-18/h2-5,9-10,12-13,35H,1,6-8,11,15H2,(H,34,38). The van der Waals surface area contributed by atoms with E-state index in [1.54, 1.807) is 12.4 Å². The zero-order chi connectivity index (χ0) is 28.7. The number of alkyl halides is 3. The Labute approximate surface area is 232 Å². The molecule has 8 nitrogen and oxygen atoms in total. The van der Waals surface area contributed by atoms with Gasteiger partial charge in [0.1, 0.15) is 23.1 Å². The minimum atomic E-state index is -4.83. The van der Waals surface area contributed by atoms with Crippen LogP contribution < -0.4 is 15.5 Å². The quantitative estimate of drug-likeness (QED) is 0.402. The van der Waals surface area contributed by atoms with E-state index in [4.69, 9.17) is 17.5 Å². The number of dihydropyridines is 1. The third-order valence-corrected chi connectivity index (χ3v) is 7.59. The predicted octanol–water partition coefficient (Wildman–Crippen LogP) is 3.88. The molecule has 206 valence electrons. The number of amides is 2. The first kappa shape index (κ1) is 27.3. The Morgan fingerprint density at radius 2 is 1.95 bits per heavy atom. The number of thiocarbonyl (C=S) groups is 1. The van der Waals surface area contributed by atoms with Crippen LogP contribution in [0.2, 0.25) is 0 Å². The maximum absolute atomic E-state index is 15.2. The predicted molar refractivity (Wildman–Crippen MR) is 140 cm³/mol. The van der Waals surface area contributed by atoms with Crippen LogP contribution in [0.1, 0.15) is 35.2 Å². The van der Waals surface area contributed by atoms with Crippen LogP contribution in [0.3, 0.4) is 0 Å². The molecule has 1 aliphatic carbocycles. The molecule has 2 aliphatic heterocycles. The molecule has 0 radical (unpaired) electrons. The van der Waals surface area contributed by atoms with Gasteiger partial charge in [-0.15, -0.1) is 0 Å². The number of anilines is 1. The first-order valence-electron chi connectivity index (χ1n) is 12.4. The molecule has 0 atom stereocenters. The highest BCUT2D eigenvalue weighted by atomic mass is 32.1. The van der Waals surface area contributed by atoms with E-state index >= 15 is 4.39 Å². The smallest absolute Gasteiger partial charge is 0.370 e. The molecule has 0 bridgehead atoms. The van der Waals surface area contributed by atoms with Gasteiger partial charge in [0.05, 0.1) is 17.7 Å². The Kier molecular flexibility index (Phi) is 7.05. The molecule has 5 rings (SSSR count). The van der Waals surface area contributed by atoms with Gasteiger partial charge in [-0.1, -0.05) is 0 Å². The molecule has 40 heavy (non-hydrogen) atoms. The number of benzene rings is 1. The summed E-state index contributed by atoms with van der Waals surface area (Å²) in [7, 11) is 0. The second-order valence-electron chi connectivity index (χ2n) is 9.56. The van der Waals surface area contributed by atoms with Crippen molar-refractivity contribution >= 4 is 34.8 Å². The van der Waals surface area contributed by atoms with Crippen LogP contribution in [0.5, 0.6) is 0 Å². The molecule has 2 fully saturated rings. The Morgan fingerprint density at radius 1 is 1.23 bits per heavy atom. The zero-order valence-electron chi connectivity index (χ0n) is 20.9. The van der Waals surface area contributed by atoms with Crippen molar-refractivity contribution in [2.75, 3.05) is 18.0 Å². The van der Waals surface area contributed by atoms with Crippen molar-refractivity contribution in [1.82, 2.24) is 20.5 Å². The zero-order valence-corrected chi connectivity index (χ0v) is 21.7. The van der Waals surface area contributed by atoms with Gasteiger partial charge >= 0.3 is 6.18 Å². The maximum atomic E-state index is 15.2. The summed E-state index contributed by atoms with van der Waals surface area (Å²) in [5.74, 6) is -1.96. The third-order valence-electron chi connectivity index (χ3n) is 7.23. The van der Waals surface area contributed by atoms with Crippen LogP contribution in [0.25, 0.3) is 0 Å². The minimum Gasteiger partial charge on any atom is -0.370 e. The number of halogens is 4. The number of carbonyl (C=O) groups excluding carboxylic acids is 2. The van der Waals surface area contributed by atoms with E-state index in [0.29, 0.717) is 25.7 Å². The summed E-state index contributed by atoms with van der Waals surface area (Å²) >= 11 is 5.57. The normalized spacial score (nSPS) is 18.3.